The van der Waals surface area contributed by atoms with E-state index < -0.39 is 0 Å². The molecule has 1 nitrogen and oxygen atoms in total. The summed E-state index contributed by atoms with van der Waals surface area (Å²) in [6.45, 7) is 4.52. The quantitative estimate of drug-likeness (QED) is 0.745. The van der Waals surface area contributed by atoms with Crippen LogP contribution in [0.15, 0.2) is 30.5 Å². The standard InChI is InChI=1S/C13H17N/c1-3-10(4-2)12-9-14-13-8-6-5-7-11(12)13/h5-10,14H,3-4H2,1-2H3. The van der Waals surface area contributed by atoms with Crippen LogP contribution in [0.2, 0.25) is 0 Å². The van der Waals surface area contributed by atoms with E-state index in [4.69, 9.17) is 0 Å². The van der Waals surface area contributed by atoms with Gasteiger partial charge >= 0.3 is 0 Å². The topological polar surface area (TPSA) is 15.8 Å². The molecule has 74 valence electrons. The van der Waals surface area contributed by atoms with Gasteiger partial charge in [-0.05, 0) is 30.4 Å². The van der Waals surface area contributed by atoms with Crippen LogP contribution in [0.1, 0.15) is 38.2 Å². The van der Waals surface area contributed by atoms with E-state index >= 15 is 0 Å². The molecule has 1 heterocycles. The van der Waals surface area contributed by atoms with Crippen molar-refractivity contribution in [2.24, 2.45) is 0 Å². The van der Waals surface area contributed by atoms with Crippen molar-refractivity contribution in [3.05, 3.63) is 36.0 Å². The third-order valence-electron chi connectivity index (χ3n) is 3.05. The Kier molecular flexibility index (Phi) is 2.58. The van der Waals surface area contributed by atoms with Crippen LogP contribution < -0.4 is 0 Å². The second kappa shape index (κ2) is 3.87. The molecule has 0 amide bonds. The molecule has 0 aliphatic rings. The maximum absolute atomic E-state index is 3.34. The first-order chi connectivity index (χ1) is 6.86. The van der Waals surface area contributed by atoms with Gasteiger partial charge in [0.15, 0.2) is 0 Å². The number of hydrogen-bond donors (Lipinski definition) is 1. The van der Waals surface area contributed by atoms with Crippen molar-refractivity contribution in [1.82, 2.24) is 4.98 Å². The molecule has 2 rings (SSSR count). The fourth-order valence-electron chi connectivity index (χ4n) is 2.16. The number of rotatable bonds is 3. The molecule has 0 unspecified atom stereocenters. The Bertz CT molecular complexity index is 410. The van der Waals surface area contributed by atoms with E-state index in [-0.39, 0.29) is 0 Å². The van der Waals surface area contributed by atoms with Crippen LogP contribution in [-0.2, 0) is 0 Å². The minimum absolute atomic E-state index is 0.700. The van der Waals surface area contributed by atoms with E-state index in [1.807, 2.05) is 0 Å². The first-order valence-electron chi connectivity index (χ1n) is 5.42. The summed E-state index contributed by atoms with van der Waals surface area (Å²) in [5, 5.41) is 1.39. The Morgan fingerprint density at radius 3 is 2.57 bits per heavy atom. The number of aromatic amines is 1. The SMILES string of the molecule is CCC(CC)c1c[nH]c2ccccc12. The lowest BCUT2D eigenvalue weighted by Crippen LogP contribution is -1.93. The first kappa shape index (κ1) is 9.32. The molecule has 0 aliphatic carbocycles. The number of hydrogen-bond acceptors (Lipinski definition) is 0. The summed E-state index contributed by atoms with van der Waals surface area (Å²) in [7, 11) is 0. The second-order valence-electron chi connectivity index (χ2n) is 3.80. The van der Waals surface area contributed by atoms with Crippen molar-refractivity contribution in [1.29, 1.82) is 0 Å². The minimum atomic E-state index is 0.700. The number of nitrogens with one attached hydrogen (secondary N) is 1. The van der Waals surface area contributed by atoms with Crippen molar-refractivity contribution in [3.8, 4) is 0 Å². The third kappa shape index (κ3) is 1.43. The molecule has 0 spiro atoms. The van der Waals surface area contributed by atoms with Crippen molar-refractivity contribution < 1.29 is 0 Å². The lowest BCUT2D eigenvalue weighted by atomic mass is 9.94. The normalized spacial score (nSPS) is 11.4. The smallest absolute Gasteiger partial charge is 0.0456 e. The predicted molar refractivity (Wildman–Crippen MR) is 61.6 cm³/mol. The van der Waals surface area contributed by atoms with Gasteiger partial charge in [-0.15, -0.1) is 0 Å². The molecule has 0 fully saturated rings. The van der Waals surface area contributed by atoms with Gasteiger partial charge in [-0.1, -0.05) is 32.0 Å². The summed E-state index contributed by atoms with van der Waals surface area (Å²) in [6, 6.07) is 8.54. The van der Waals surface area contributed by atoms with Crippen LogP contribution in [-0.4, -0.2) is 4.98 Å². The summed E-state index contributed by atoms with van der Waals surface area (Å²) >= 11 is 0. The summed E-state index contributed by atoms with van der Waals surface area (Å²) in [6.07, 6.45) is 4.61. The van der Waals surface area contributed by atoms with E-state index in [0.29, 0.717) is 5.92 Å². The molecule has 1 N–H and O–H groups in total. The summed E-state index contributed by atoms with van der Waals surface area (Å²) in [4.78, 5) is 3.34. The largest absolute Gasteiger partial charge is 0.361 e. The van der Waals surface area contributed by atoms with Crippen LogP contribution in [0.4, 0.5) is 0 Å². The number of H-pyrrole nitrogens is 1. The molecule has 14 heavy (non-hydrogen) atoms. The average molecular weight is 187 g/mol. The molecule has 0 atom stereocenters. The van der Waals surface area contributed by atoms with Gasteiger partial charge in [0.05, 0.1) is 0 Å². The average Bonchev–Trinajstić information content (AvgIpc) is 2.65. The van der Waals surface area contributed by atoms with E-state index in [0.717, 1.165) is 0 Å². The Hall–Kier alpha value is -1.24. The third-order valence-corrected chi connectivity index (χ3v) is 3.05. The van der Waals surface area contributed by atoms with E-state index in [1.165, 1.54) is 29.3 Å². The van der Waals surface area contributed by atoms with Gasteiger partial charge in [0.25, 0.3) is 0 Å². The molecule has 0 aliphatic heterocycles. The number of benzene rings is 1. The lowest BCUT2D eigenvalue weighted by Gasteiger charge is -2.10. The van der Waals surface area contributed by atoms with Gasteiger partial charge in [-0.25, -0.2) is 0 Å². The summed E-state index contributed by atoms with van der Waals surface area (Å²) < 4.78 is 0. The highest BCUT2D eigenvalue weighted by Gasteiger charge is 2.11. The van der Waals surface area contributed by atoms with Crippen LogP contribution in [0.5, 0.6) is 0 Å². The van der Waals surface area contributed by atoms with E-state index in [1.54, 1.807) is 0 Å². The van der Waals surface area contributed by atoms with Gasteiger partial charge in [0.2, 0.25) is 0 Å². The van der Waals surface area contributed by atoms with Crippen molar-refractivity contribution >= 4 is 10.9 Å². The molecule has 0 radical (unpaired) electrons. The second-order valence-corrected chi connectivity index (χ2v) is 3.80. The highest BCUT2D eigenvalue weighted by molar-refractivity contribution is 5.83. The fourth-order valence-corrected chi connectivity index (χ4v) is 2.16. The van der Waals surface area contributed by atoms with Crippen molar-refractivity contribution in [3.63, 3.8) is 0 Å². The molecule has 2 aromatic rings. The predicted octanol–water partition coefficient (Wildman–Crippen LogP) is 4.07. The zero-order valence-corrected chi connectivity index (χ0v) is 8.88. The molecule has 1 heteroatoms. The summed E-state index contributed by atoms with van der Waals surface area (Å²) in [5.74, 6) is 0.700. The Balaban J connectivity index is 2.51. The zero-order valence-electron chi connectivity index (χ0n) is 8.88. The lowest BCUT2D eigenvalue weighted by molar-refractivity contribution is 0.646. The van der Waals surface area contributed by atoms with Gasteiger partial charge < -0.3 is 4.98 Å². The van der Waals surface area contributed by atoms with E-state index in [9.17, 15) is 0 Å². The number of fused-ring (bicyclic) bond motifs is 1. The maximum Gasteiger partial charge on any atom is 0.0456 e. The minimum Gasteiger partial charge on any atom is -0.361 e. The molecule has 0 bridgehead atoms. The van der Waals surface area contributed by atoms with Crippen LogP contribution in [0.3, 0.4) is 0 Å². The van der Waals surface area contributed by atoms with Crippen molar-refractivity contribution in [2.45, 2.75) is 32.6 Å². The fraction of sp³-hybridized carbons (Fsp3) is 0.385. The molecular weight excluding hydrogens is 170 g/mol. The first-order valence-corrected chi connectivity index (χ1v) is 5.42. The van der Waals surface area contributed by atoms with Crippen LogP contribution >= 0.6 is 0 Å². The zero-order chi connectivity index (χ0) is 9.97. The molecule has 1 aromatic carbocycles. The maximum atomic E-state index is 3.34. The van der Waals surface area contributed by atoms with Crippen LogP contribution in [0, 0.1) is 0 Å². The van der Waals surface area contributed by atoms with Crippen LogP contribution in [0.25, 0.3) is 10.9 Å². The Labute approximate surface area is 85.1 Å². The summed E-state index contributed by atoms with van der Waals surface area (Å²) in [5.41, 5.74) is 2.74. The molecule has 0 saturated heterocycles. The highest BCUT2D eigenvalue weighted by Crippen LogP contribution is 2.29. The highest BCUT2D eigenvalue weighted by atomic mass is 14.7. The Morgan fingerprint density at radius 1 is 1.14 bits per heavy atom. The van der Waals surface area contributed by atoms with Gasteiger partial charge in [0, 0.05) is 17.1 Å². The number of aromatic nitrogens is 1. The van der Waals surface area contributed by atoms with Gasteiger partial charge in [-0.3, -0.25) is 0 Å². The molecule has 1 aromatic heterocycles. The van der Waals surface area contributed by atoms with Gasteiger partial charge in [-0.2, -0.15) is 0 Å². The Morgan fingerprint density at radius 2 is 1.86 bits per heavy atom. The molecular formula is C13H17N. The van der Waals surface area contributed by atoms with Crippen molar-refractivity contribution in [2.75, 3.05) is 0 Å². The van der Waals surface area contributed by atoms with E-state index in [2.05, 4.69) is 49.3 Å². The molecule has 0 saturated carbocycles. The monoisotopic (exact) mass is 187 g/mol. The number of para-hydroxylation sites is 1. The van der Waals surface area contributed by atoms with Gasteiger partial charge in [0.1, 0.15) is 0 Å².